The fourth-order valence-corrected chi connectivity index (χ4v) is 2.79. The molecular formula is C14H23N3O3S. The number of amides is 1. The van der Waals surface area contributed by atoms with Gasteiger partial charge in [0.25, 0.3) is 5.22 Å². The standard InChI is InChI=1S/C14H23N3O3S/c1-5-9-21-12-16-15-11(19-12)10-7-6-8-17(10)13(18)20-14(2,3)4/h10H,5-9H2,1-4H3/t10-/m0/s1. The maximum Gasteiger partial charge on any atom is 0.410 e. The van der Waals surface area contributed by atoms with Crippen LogP contribution in [-0.4, -0.2) is 39.1 Å². The molecule has 118 valence electrons. The summed E-state index contributed by atoms with van der Waals surface area (Å²) >= 11 is 1.54. The molecule has 0 radical (unpaired) electrons. The van der Waals surface area contributed by atoms with E-state index in [0.717, 1.165) is 25.0 Å². The Labute approximate surface area is 129 Å². The Morgan fingerprint density at radius 3 is 2.90 bits per heavy atom. The van der Waals surface area contributed by atoms with Gasteiger partial charge in [-0.3, -0.25) is 4.90 Å². The summed E-state index contributed by atoms with van der Waals surface area (Å²) in [4.78, 5) is 13.9. The van der Waals surface area contributed by atoms with Crippen LogP contribution in [0.2, 0.25) is 0 Å². The second-order valence-electron chi connectivity index (χ2n) is 6.09. The number of hydrogen-bond donors (Lipinski definition) is 0. The van der Waals surface area contributed by atoms with Gasteiger partial charge >= 0.3 is 6.09 Å². The third-order valence-corrected chi connectivity index (χ3v) is 4.04. The Morgan fingerprint density at radius 2 is 2.24 bits per heavy atom. The van der Waals surface area contributed by atoms with Gasteiger partial charge in [0.05, 0.1) is 0 Å². The second-order valence-corrected chi connectivity index (χ2v) is 7.13. The molecule has 1 atom stereocenters. The monoisotopic (exact) mass is 313 g/mol. The molecule has 1 aliphatic heterocycles. The van der Waals surface area contributed by atoms with Gasteiger partial charge in [-0.15, -0.1) is 10.2 Å². The normalized spacial score (nSPS) is 19.0. The van der Waals surface area contributed by atoms with E-state index in [1.807, 2.05) is 20.8 Å². The van der Waals surface area contributed by atoms with Crippen molar-refractivity contribution in [2.75, 3.05) is 12.3 Å². The third kappa shape index (κ3) is 4.36. The number of hydrogen-bond acceptors (Lipinski definition) is 6. The van der Waals surface area contributed by atoms with E-state index in [2.05, 4.69) is 17.1 Å². The van der Waals surface area contributed by atoms with E-state index in [-0.39, 0.29) is 12.1 Å². The zero-order valence-corrected chi connectivity index (χ0v) is 13.9. The highest BCUT2D eigenvalue weighted by molar-refractivity contribution is 7.99. The quantitative estimate of drug-likeness (QED) is 0.790. The summed E-state index contributed by atoms with van der Waals surface area (Å²) < 4.78 is 11.1. The largest absolute Gasteiger partial charge is 0.444 e. The zero-order valence-electron chi connectivity index (χ0n) is 13.1. The number of nitrogens with zero attached hydrogens (tertiary/aromatic N) is 3. The molecule has 0 aromatic carbocycles. The average Bonchev–Trinajstić information content (AvgIpc) is 3.02. The highest BCUT2D eigenvalue weighted by Crippen LogP contribution is 2.33. The van der Waals surface area contributed by atoms with Gasteiger partial charge in [0, 0.05) is 12.3 Å². The summed E-state index contributed by atoms with van der Waals surface area (Å²) in [6.45, 7) is 8.36. The summed E-state index contributed by atoms with van der Waals surface area (Å²) in [7, 11) is 0. The van der Waals surface area contributed by atoms with Gasteiger partial charge in [-0.1, -0.05) is 18.7 Å². The van der Waals surface area contributed by atoms with Crippen molar-refractivity contribution in [3.63, 3.8) is 0 Å². The molecule has 7 heteroatoms. The van der Waals surface area contributed by atoms with Crippen molar-refractivity contribution >= 4 is 17.9 Å². The molecule has 1 fully saturated rings. The third-order valence-electron chi connectivity index (χ3n) is 3.02. The fourth-order valence-electron chi connectivity index (χ4n) is 2.17. The smallest absolute Gasteiger partial charge is 0.410 e. The Morgan fingerprint density at radius 1 is 1.48 bits per heavy atom. The van der Waals surface area contributed by atoms with Crippen molar-refractivity contribution in [1.82, 2.24) is 15.1 Å². The van der Waals surface area contributed by atoms with Crippen LogP contribution in [-0.2, 0) is 4.74 Å². The molecule has 0 aliphatic carbocycles. The molecule has 0 bridgehead atoms. The van der Waals surface area contributed by atoms with Gasteiger partial charge in [-0.05, 0) is 40.0 Å². The molecule has 1 saturated heterocycles. The van der Waals surface area contributed by atoms with E-state index in [1.165, 1.54) is 0 Å². The first-order valence-corrected chi connectivity index (χ1v) is 8.35. The number of rotatable bonds is 4. The average molecular weight is 313 g/mol. The van der Waals surface area contributed by atoms with Crippen molar-refractivity contribution in [3.8, 4) is 0 Å². The number of carbonyl (C=O) groups excluding carboxylic acids is 1. The molecule has 6 nitrogen and oxygen atoms in total. The Bertz CT molecular complexity index is 484. The van der Waals surface area contributed by atoms with Crippen LogP contribution < -0.4 is 0 Å². The summed E-state index contributed by atoms with van der Waals surface area (Å²) in [6, 6.07) is -0.164. The Kier molecular flexibility index (Phi) is 5.13. The maximum absolute atomic E-state index is 12.2. The zero-order chi connectivity index (χ0) is 15.5. The molecule has 1 aliphatic rings. The first kappa shape index (κ1) is 16.1. The molecule has 1 aromatic heterocycles. The van der Waals surface area contributed by atoms with E-state index in [9.17, 15) is 4.79 Å². The van der Waals surface area contributed by atoms with Gasteiger partial charge in [0.1, 0.15) is 11.6 Å². The van der Waals surface area contributed by atoms with Crippen LogP contribution in [0.3, 0.4) is 0 Å². The minimum absolute atomic E-state index is 0.164. The summed E-state index contributed by atoms with van der Waals surface area (Å²) in [5.41, 5.74) is -0.499. The van der Waals surface area contributed by atoms with Crippen molar-refractivity contribution < 1.29 is 13.9 Å². The topological polar surface area (TPSA) is 68.5 Å². The van der Waals surface area contributed by atoms with Gasteiger partial charge in [0.15, 0.2) is 0 Å². The molecule has 1 amide bonds. The highest BCUT2D eigenvalue weighted by Gasteiger charge is 2.36. The van der Waals surface area contributed by atoms with Crippen molar-refractivity contribution in [1.29, 1.82) is 0 Å². The number of likely N-dealkylation sites (tertiary alicyclic amines) is 1. The molecular weight excluding hydrogens is 290 g/mol. The lowest BCUT2D eigenvalue weighted by Gasteiger charge is -2.27. The molecule has 2 rings (SSSR count). The second kappa shape index (κ2) is 6.68. The molecule has 1 aromatic rings. The summed E-state index contributed by atoms with van der Waals surface area (Å²) in [6.07, 6.45) is 2.49. The van der Waals surface area contributed by atoms with Gasteiger partial charge in [-0.2, -0.15) is 0 Å². The Balaban J connectivity index is 2.04. The number of carbonyl (C=O) groups is 1. The van der Waals surface area contributed by atoms with E-state index in [4.69, 9.17) is 9.15 Å². The van der Waals surface area contributed by atoms with Crippen LogP contribution in [0.1, 0.15) is 58.9 Å². The van der Waals surface area contributed by atoms with Crippen LogP contribution in [0.5, 0.6) is 0 Å². The highest BCUT2D eigenvalue weighted by atomic mass is 32.2. The Hall–Kier alpha value is -1.24. The first-order chi connectivity index (χ1) is 9.90. The molecule has 0 saturated carbocycles. The number of aromatic nitrogens is 2. The van der Waals surface area contributed by atoms with E-state index in [0.29, 0.717) is 17.7 Å². The SMILES string of the molecule is CCCSc1nnc([C@@H]2CCCN2C(=O)OC(C)(C)C)o1. The molecule has 0 spiro atoms. The van der Waals surface area contributed by atoms with Crippen molar-refractivity contribution in [2.45, 2.75) is 63.8 Å². The van der Waals surface area contributed by atoms with Crippen molar-refractivity contribution in [2.24, 2.45) is 0 Å². The van der Waals surface area contributed by atoms with Gasteiger partial charge in [-0.25, -0.2) is 4.79 Å². The fraction of sp³-hybridized carbons (Fsp3) is 0.786. The predicted molar refractivity (Wildman–Crippen MR) is 80.2 cm³/mol. The molecule has 2 heterocycles. The van der Waals surface area contributed by atoms with Gasteiger partial charge in [0.2, 0.25) is 5.89 Å². The van der Waals surface area contributed by atoms with E-state index < -0.39 is 5.60 Å². The van der Waals surface area contributed by atoms with Crippen LogP contribution in [0.4, 0.5) is 4.79 Å². The van der Waals surface area contributed by atoms with Crippen LogP contribution >= 0.6 is 11.8 Å². The first-order valence-electron chi connectivity index (χ1n) is 7.36. The van der Waals surface area contributed by atoms with Crippen LogP contribution in [0.15, 0.2) is 9.64 Å². The molecule has 0 N–H and O–H groups in total. The van der Waals surface area contributed by atoms with E-state index >= 15 is 0 Å². The van der Waals surface area contributed by atoms with E-state index in [1.54, 1.807) is 16.7 Å². The summed E-state index contributed by atoms with van der Waals surface area (Å²) in [5, 5.41) is 8.70. The number of thioether (sulfide) groups is 1. The molecule has 21 heavy (non-hydrogen) atoms. The predicted octanol–water partition coefficient (Wildman–Crippen LogP) is 3.64. The minimum atomic E-state index is -0.499. The lowest BCUT2D eigenvalue weighted by atomic mass is 10.2. The lowest BCUT2D eigenvalue weighted by Crippen LogP contribution is -2.36. The lowest BCUT2D eigenvalue weighted by molar-refractivity contribution is 0.0201. The minimum Gasteiger partial charge on any atom is -0.444 e. The molecule has 0 unspecified atom stereocenters. The van der Waals surface area contributed by atoms with Crippen molar-refractivity contribution in [3.05, 3.63) is 5.89 Å². The summed E-state index contributed by atoms with van der Waals surface area (Å²) in [5.74, 6) is 1.46. The van der Waals surface area contributed by atoms with Crippen LogP contribution in [0, 0.1) is 0 Å². The van der Waals surface area contributed by atoms with Gasteiger partial charge < -0.3 is 9.15 Å². The van der Waals surface area contributed by atoms with Crippen LogP contribution in [0.25, 0.3) is 0 Å². The number of ether oxygens (including phenoxy) is 1. The maximum atomic E-state index is 12.2.